The van der Waals surface area contributed by atoms with Crippen molar-refractivity contribution in [1.82, 2.24) is 4.98 Å². The Kier molecular flexibility index (Phi) is 6.58. The van der Waals surface area contributed by atoms with Crippen molar-refractivity contribution >= 4 is 34.8 Å². The van der Waals surface area contributed by atoms with Gasteiger partial charge in [-0.1, -0.05) is 49.9 Å². The molecule has 0 bridgehead atoms. The van der Waals surface area contributed by atoms with E-state index in [0.717, 1.165) is 25.9 Å². The lowest BCUT2D eigenvalue weighted by Gasteiger charge is -2.16. The molecule has 0 unspecified atom stereocenters. The van der Waals surface area contributed by atoms with Gasteiger partial charge in [-0.15, -0.1) is 0 Å². The van der Waals surface area contributed by atoms with Gasteiger partial charge in [0, 0.05) is 13.1 Å². The molecule has 102 valence electrons. The molecule has 0 amide bonds. The van der Waals surface area contributed by atoms with E-state index in [2.05, 4.69) is 29.5 Å². The number of aromatic nitrogens is 1. The van der Waals surface area contributed by atoms with Gasteiger partial charge in [0.25, 0.3) is 0 Å². The van der Waals surface area contributed by atoms with Crippen LogP contribution >= 0.6 is 23.2 Å². The van der Waals surface area contributed by atoms with Crippen molar-refractivity contribution in [3.05, 3.63) is 16.1 Å². The molecule has 0 aromatic carbocycles. The molecule has 5 heteroatoms. The lowest BCUT2D eigenvalue weighted by Crippen LogP contribution is -2.14. The minimum atomic E-state index is 0.551. The van der Waals surface area contributed by atoms with Crippen molar-refractivity contribution in [1.29, 1.82) is 0 Å². The van der Waals surface area contributed by atoms with Gasteiger partial charge in [-0.2, -0.15) is 0 Å². The molecule has 0 radical (unpaired) electrons. The molecule has 0 atom stereocenters. The molecular formula is C13H21Cl2N3. The topological polar surface area (TPSA) is 37.0 Å². The molecule has 1 aromatic heterocycles. The second-order valence-corrected chi connectivity index (χ2v) is 5.06. The first-order valence-corrected chi connectivity index (χ1v) is 7.21. The normalized spacial score (nSPS) is 10.8. The molecule has 1 rings (SSSR count). The highest BCUT2D eigenvalue weighted by molar-refractivity contribution is 6.37. The number of pyridine rings is 1. The van der Waals surface area contributed by atoms with Crippen LogP contribution in [0.5, 0.6) is 0 Å². The Hall–Kier alpha value is -0.670. The van der Waals surface area contributed by atoms with Gasteiger partial charge in [-0.3, -0.25) is 0 Å². The van der Waals surface area contributed by atoms with Gasteiger partial charge in [0.15, 0.2) is 0 Å². The molecule has 0 aliphatic carbocycles. The summed E-state index contributed by atoms with van der Waals surface area (Å²) in [4.78, 5) is 4.42. The zero-order valence-corrected chi connectivity index (χ0v) is 12.7. The zero-order valence-electron chi connectivity index (χ0n) is 11.2. The maximum atomic E-state index is 6.13. The lowest BCUT2D eigenvalue weighted by atomic mass is 10.0. The third kappa shape index (κ3) is 4.21. The summed E-state index contributed by atoms with van der Waals surface area (Å²) in [5, 5.41) is 7.53. The van der Waals surface area contributed by atoms with E-state index in [1.807, 2.05) is 6.92 Å². The fourth-order valence-corrected chi connectivity index (χ4v) is 2.19. The number of hydrogen-bond donors (Lipinski definition) is 2. The second kappa shape index (κ2) is 7.70. The molecule has 0 aliphatic rings. The Morgan fingerprint density at radius 1 is 1.06 bits per heavy atom. The maximum Gasteiger partial charge on any atom is 0.147 e. The summed E-state index contributed by atoms with van der Waals surface area (Å²) < 4.78 is 0. The summed E-state index contributed by atoms with van der Waals surface area (Å²) >= 11 is 12.2. The molecule has 0 saturated heterocycles. The highest BCUT2D eigenvalue weighted by atomic mass is 35.5. The van der Waals surface area contributed by atoms with Gasteiger partial charge < -0.3 is 10.6 Å². The van der Waals surface area contributed by atoms with Crippen LogP contribution in [-0.2, 0) is 0 Å². The first-order chi connectivity index (χ1) is 8.62. The number of rotatable bonds is 7. The first-order valence-electron chi connectivity index (χ1n) is 6.46. The van der Waals surface area contributed by atoms with E-state index in [-0.39, 0.29) is 0 Å². The van der Waals surface area contributed by atoms with Crippen molar-refractivity contribution in [3.8, 4) is 0 Å². The fraction of sp³-hybridized carbons (Fsp3) is 0.615. The average Bonchev–Trinajstić information content (AvgIpc) is 2.35. The van der Waals surface area contributed by atoms with Crippen LogP contribution < -0.4 is 10.6 Å². The van der Waals surface area contributed by atoms with E-state index >= 15 is 0 Å². The smallest absolute Gasteiger partial charge is 0.147 e. The van der Waals surface area contributed by atoms with Crippen LogP contribution in [0.25, 0.3) is 0 Å². The highest BCUT2D eigenvalue weighted by Crippen LogP contribution is 2.29. The van der Waals surface area contributed by atoms with Crippen LogP contribution in [-0.4, -0.2) is 18.1 Å². The summed E-state index contributed by atoms with van der Waals surface area (Å²) in [5.74, 6) is 2.01. The monoisotopic (exact) mass is 289 g/mol. The van der Waals surface area contributed by atoms with Gasteiger partial charge in [0.05, 0.1) is 10.0 Å². The largest absolute Gasteiger partial charge is 0.369 e. The van der Waals surface area contributed by atoms with Crippen molar-refractivity contribution in [3.63, 3.8) is 0 Å². The van der Waals surface area contributed by atoms with Gasteiger partial charge in [-0.25, -0.2) is 4.98 Å². The number of nitrogens with one attached hydrogen (secondary N) is 2. The van der Waals surface area contributed by atoms with E-state index < -0.39 is 0 Å². The molecule has 2 N–H and O–H groups in total. The van der Waals surface area contributed by atoms with E-state index in [4.69, 9.17) is 23.2 Å². The molecule has 1 aromatic rings. The zero-order chi connectivity index (χ0) is 13.5. The van der Waals surface area contributed by atoms with Crippen LogP contribution in [0.2, 0.25) is 10.0 Å². The summed E-state index contributed by atoms with van der Waals surface area (Å²) in [6.07, 6.45) is 2.30. The summed E-state index contributed by atoms with van der Waals surface area (Å²) in [7, 11) is 0. The number of anilines is 2. The van der Waals surface area contributed by atoms with Crippen molar-refractivity contribution < 1.29 is 0 Å². The number of nitrogens with zero attached hydrogens (tertiary/aromatic N) is 1. The Balaban J connectivity index is 2.78. The van der Waals surface area contributed by atoms with Crippen molar-refractivity contribution in [2.45, 2.75) is 33.6 Å². The van der Waals surface area contributed by atoms with E-state index in [0.29, 0.717) is 27.6 Å². The molecule has 0 fully saturated rings. The van der Waals surface area contributed by atoms with Crippen molar-refractivity contribution in [2.24, 2.45) is 5.92 Å². The van der Waals surface area contributed by atoms with Crippen LogP contribution in [0.3, 0.4) is 0 Å². The second-order valence-electron chi connectivity index (χ2n) is 4.24. The van der Waals surface area contributed by atoms with E-state index in [1.165, 1.54) is 0 Å². The molecule has 18 heavy (non-hydrogen) atoms. The maximum absolute atomic E-state index is 6.13. The first kappa shape index (κ1) is 15.4. The molecule has 0 spiro atoms. The quantitative estimate of drug-likeness (QED) is 0.766. The summed E-state index contributed by atoms with van der Waals surface area (Å²) in [5.41, 5.74) is 0. The van der Waals surface area contributed by atoms with Gasteiger partial charge in [0.1, 0.15) is 11.6 Å². The van der Waals surface area contributed by atoms with Crippen molar-refractivity contribution in [2.75, 3.05) is 23.7 Å². The standard InChI is InChI=1S/C13H21Cl2N3/c1-4-9(5-2)8-17-13-11(15)7-10(14)12(18-13)16-6-3/h7,9H,4-6,8H2,1-3H3,(H2,16,17,18). The predicted octanol–water partition coefficient (Wildman–Crippen LogP) is 4.67. The van der Waals surface area contributed by atoms with E-state index in [9.17, 15) is 0 Å². The third-order valence-corrected chi connectivity index (χ3v) is 3.56. The lowest BCUT2D eigenvalue weighted by molar-refractivity contribution is 0.518. The minimum absolute atomic E-state index is 0.551. The Labute approximate surface area is 119 Å². The van der Waals surface area contributed by atoms with E-state index in [1.54, 1.807) is 6.07 Å². The molecular weight excluding hydrogens is 269 g/mol. The van der Waals surface area contributed by atoms with Crippen LogP contribution in [0, 0.1) is 5.92 Å². The minimum Gasteiger partial charge on any atom is -0.369 e. The van der Waals surface area contributed by atoms with Gasteiger partial charge >= 0.3 is 0 Å². The van der Waals surface area contributed by atoms with Crippen LogP contribution in [0.4, 0.5) is 11.6 Å². The highest BCUT2D eigenvalue weighted by Gasteiger charge is 2.10. The third-order valence-electron chi connectivity index (χ3n) is 2.99. The number of halogens is 2. The average molecular weight is 290 g/mol. The Morgan fingerprint density at radius 3 is 2.11 bits per heavy atom. The summed E-state index contributed by atoms with van der Waals surface area (Å²) in [6, 6.07) is 1.73. The predicted molar refractivity (Wildman–Crippen MR) is 81.0 cm³/mol. The fourth-order valence-electron chi connectivity index (χ4n) is 1.70. The van der Waals surface area contributed by atoms with Crippen LogP contribution in [0.15, 0.2) is 6.07 Å². The molecule has 0 aliphatic heterocycles. The molecule has 0 saturated carbocycles. The summed E-state index contributed by atoms with van der Waals surface area (Å²) in [6.45, 7) is 8.05. The van der Waals surface area contributed by atoms with Gasteiger partial charge in [-0.05, 0) is 18.9 Å². The molecule has 3 nitrogen and oxygen atoms in total. The Morgan fingerprint density at radius 2 is 1.61 bits per heavy atom. The molecule has 1 heterocycles. The van der Waals surface area contributed by atoms with Crippen LogP contribution in [0.1, 0.15) is 33.6 Å². The SMILES string of the molecule is CCNc1nc(NCC(CC)CC)c(Cl)cc1Cl. The van der Waals surface area contributed by atoms with Gasteiger partial charge in [0.2, 0.25) is 0 Å². The number of hydrogen-bond acceptors (Lipinski definition) is 3. The Bertz CT molecular complexity index is 379.